The number of nitrogens with one attached hydrogen (secondary N) is 3. The van der Waals surface area contributed by atoms with E-state index < -0.39 is 10.0 Å². The lowest BCUT2D eigenvalue weighted by molar-refractivity contribution is -0.126. The van der Waals surface area contributed by atoms with Crippen LogP contribution in [0.5, 0.6) is 0 Å². The number of H-pyrrole nitrogens is 1. The minimum absolute atomic E-state index is 0.0310. The summed E-state index contributed by atoms with van der Waals surface area (Å²) in [6, 6.07) is 0. The Bertz CT molecular complexity index is 720. The minimum Gasteiger partial charge on any atom is -0.356 e. The zero-order valence-corrected chi connectivity index (χ0v) is 16.4. The van der Waals surface area contributed by atoms with E-state index in [0.717, 1.165) is 32.4 Å². The van der Waals surface area contributed by atoms with Gasteiger partial charge in [-0.2, -0.15) is 9.40 Å². The molecule has 9 heteroatoms. The van der Waals surface area contributed by atoms with Crippen LogP contribution in [0.25, 0.3) is 0 Å². The third-order valence-corrected chi connectivity index (χ3v) is 7.56. The maximum Gasteiger partial charge on any atom is 0.246 e. The summed E-state index contributed by atoms with van der Waals surface area (Å²) in [7, 11) is -3.63. The van der Waals surface area contributed by atoms with Crippen LogP contribution in [0.2, 0.25) is 0 Å². The monoisotopic (exact) mass is 383 g/mol. The molecule has 2 unspecified atom stereocenters. The number of hydrogen-bond donors (Lipinski definition) is 3. The highest BCUT2D eigenvalue weighted by Gasteiger charge is 2.35. The quantitative estimate of drug-likeness (QED) is 0.665. The molecule has 2 aliphatic heterocycles. The molecule has 26 heavy (non-hydrogen) atoms. The molecule has 1 aromatic heterocycles. The van der Waals surface area contributed by atoms with Crippen molar-refractivity contribution in [2.75, 3.05) is 32.7 Å². The third kappa shape index (κ3) is 4.10. The van der Waals surface area contributed by atoms with E-state index in [1.165, 1.54) is 4.31 Å². The Balaban J connectivity index is 1.59. The van der Waals surface area contributed by atoms with Gasteiger partial charge in [0.15, 0.2) is 0 Å². The first kappa shape index (κ1) is 19.3. The van der Waals surface area contributed by atoms with Gasteiger partial charge >= 0.3 is 0 Å². The molecule has 0 spiro atoms. The second-order valence-electron chi connectivity index (χ2n) is 7.40. The van der Waals surface area contributed by atoms with E-state index in [2.05, 4.69) is 20.8 Å². The number of aromatic amines is 1. The Kier molecular flexibility index (Phi) is 5.99. The summed E-state index contributed by atoms with van der Waals surface area (Å²) in [6.07, 6.45) is 3.56. The molecular formula is C17H29N5O3S. The predicted molar refractivity (Wildman–Crippen MR) is 98.1 cm³/mol. The van der Waals surface area contributed by atoms with Gasteiger partial charge in [-0.15, -0.1) is 0 Å². The van der Waals surface area contributed by atoms with Crippen LogP contribution < -0.4 is 10.6 Å². The molecule has 0 aromatic carbocycles. The van der Waals surface area contributed by atoms with E-state index in [9.17, 15) is 13.2 Å². The van der Waals surface area contributed by atoms with Crippen molar-refractivity contribution in [3.05, 3.63) is 11.4 Å². The van der Waals surface area contributed by atoms with Gasteiger partial charge < -0.3 is 10.6 Å². The maximum absolute atomic E-state index is 13.0. The van der Waals surface area contributed by atoms with Crippen LogP contribution in [0, 0.1) is 25.7 Å². The highest BCUT2D eigenvalue weighted by Crippen LogP contribution is 2.26. The summed E-state index contributed by atoms with van der Waals surface area (Å²) in [5, 5.41) is 13.1. The first-order chi connectivity index (χ1) is 12.4. The van der Waals surface area contributed by atoms with Gasteiger partial charge in [-0.05, 0) is 58.5 Å². The highest BCUT2D eigenvalue weighted by atomic mass is 32.2. The van der Waals surface area contributed by atoms with Gasteiger partial charge in [-0.25, -0.2) is 8.42 Å². The standard InChI is InChI=1S/C17H29N5O3S/c1-12-16(13(2)21-20-12)26(24,25)22-9-3-4-15(11-22)17(23)19-8-6-14-5-7-18-10-14/h14-15,18H,3-11H2,1-2H3,(H,19,23)(H,20,21). The van der Waals surface area contributed by atoms with Gasteiger partial charge in [0, 0.05) is 19.6 Å². The Morgan fingerprint density at radius 2 is 2.15 bits per heavy atom. The van der Waals surface area contributed by atoms with Crippen molar-refractivity contribution in [3.8, 4) is 0 Å². The SMILES string of the molecule is Cc1n[nH]c(C)c1S(=O)(=O)N1CCCC(C(=O)NCCC2CCNC2)C1. The van der Waals surface area contributed by atoms with Gasteiger partial charge in [0.25, 0.3) is 0 Å². The van der Waals surface area contributed by atoms with Crippen LogP contribution in [0.4, 0.5) is 0 Å². The molecule has 3 N–H and O–H groups in total. The van der Waals surface area contributed by atoms with E-state index >= 15 is 0 Å². The molecule has 8 nitrogen and oxygen atoms in total. The Labute approximate surface area is 155 Å². The number of carbonyl (C=O) groups is 1. The van der Waals surface area contributed by atoms with E-state index in [4.69, 9.17) is 0 Å². The second-order valence-corrected chi connectivity index (χ2v) is 9.28. The molecule has 3 rings (SSSR count). The number of aryl methyl sites for hydroxylation is 2. The van der Waals surface area contributed by atoms with E-state index in [-0.39, 0.29) is 23.3 Å². The number of amides is 1. The Morgan fingerprint density at radius 3 is 2.81 bits per heavy atom. The largest absolute Gasteiger partial charge is 0.356 e. The number of aromatic nitrogens is 2. The predicted octanol–water partition coefficient (Wildman–Crippen LogP) is 0.543. The van der Waals surface area contributed by atoms with Gasteiger partial charge in [-0.1, -0.05) is 0 Å². The molecule has 0 aliphatic carbocycles. The van der Waals surface area contributed by atoms with Crippen molar-refractivity contribution in [2.24, 2.45) is 11.8 Å². The molecule has 2 aliphatic rings. The number of rotatable bonds is 6. The summed E-state index contributed by atoms with van der Waals surface area (Å²) in [4.78, 5) is 12.7. The molecule has 3 heterocycles. The Hall–Kier alpha value is -1.45. The first-order valence-electron chi connectivity index (χ1n) is 9.39. The number of piperidine rings is 1. The fraction of sp³-hybridized carbons (Fsp3) is 0.765. The normalized spacial score (nSPS) is 24.7. The minimum atomic E-state index is -3.63. The number of sulfonamides is 1. The van der Waals surface area contributed by atoms with E-state index in [1.807, 2.05) is 0 Å². The fourth-order valence-electron chi connectivity index (χ4n) is 3.93. The van der Waals surface area contributed by atoms with Gasteiger partial charge in [0.1, 0.15) is 4.90 Å². The van der Waals surface area contributed by atoms with Gasteiger partial charge in [0.05, 0.1) is 17.3 Å². The maximum atomic E-state index is 13.0. The van der Waals surface area contributed by atoms with E-state index in [1.54, 1.807) is 13.8 Å². The molecule has 2 atom stereocenters. The summed E-state index contributed by atoms with van der Waals surface area (Å²) < 4.78 is 27.4. The molecule has 1 amide bonds. The zero-order chi connectivity index (χ0) is 18.7. The van der Waals surface area contributed by atoms with Crippen molar-refractivity contribution < 1.29 is 13.2 Å². The molecule has 0 saturated carbocycles. The first-order valence-corrected chi connectivity index (χ1v) is 10.8. The van der Waals surface area contributed by atoms with Crippen molar-refractivity contribution >= 4 is 15.9 Å². The van der Waals surface area contributed by atoms with Crippen LogP contribution in [0.1, 0.15) is 37.1 Å². The third-order valence-electron chi connectivity index (χ3n) is 5.43. The Morgan fingerprint density at radius 1 is 1.35 bits per heavy atom. The average molecular weight is 384 g/mol. The second kappa shape index (κ2) is 8.06. The van der Waals surface area contributed by atoms with Crippen molar-refractivity contribution in [3.63, 3.8) is 0 Å². The summed E-state index contributed by atoms with van der Waals surface area (Å²) in [5.41, 5.74) is 1.01. The summed E-state index contributed by atoms with van der Waals surface area (Å²) in [6.45, 7) is 6.82. The molecule has 146 valence electrons. The number of hydrogen-bond acceptors (Lipinski definition) is 5. The number of carbonyl (C=O) groups excluding carboxylic acids is 1. The zero-order valence-electron chi connectivity index (χ0n) is 15.5. The molecule has 1 aromatic rings. The average Bonchev–Trinajstić information content (AvgIpc) is 3.25. The van der Waals surface area contributed by atoms with Crippen molar-refractivity contribution in [2.45, 2.75) is 44.4 Å². The smallest absolute Gasteiger partial charge is 0.246 e. The van der Waals surface area contributed by atoms with Crippen LogP contribution in [0.15, 0.2) is 4.90 Å². The fourth-order valence-corrected chi connectivity index (χ4v) is 5.78. The summed E-state index contributed by atoms with van der Waals surface area (Å²) >= 11 is 0. The molecule has 0 radical (unpaired) electrons. The van der Waals surface area contributed by atoms with Crippen LogP contribution >= 0.6 is 0 Å². The van der Waals surface area contributed by atoms with Crippen LogP contribution in [0.3, 0.4) is 0 Å². The highest BCUT2D eigenvalue weighted by molar-refractivity contribution is 7.89. The lowest BCUT2D eigenvalue weighted by atomic mass is 9.98. The van der Waals surface area contributed by atoms with Crippen LogP contribution in [-0.4, -0.2) is 61.6 Å². The lowest BCUT2D eigenvalue weighted by Gasteiger charge is -2.31. The lowest BCUT2D eigenvalue weighted by Crippen LogP contribution is -2.45. The van der Waals surface area contributed by atoms with Gasteiger partial charge in [-0.3, -0.25) is 9.89 Å². The summed E-state index contributed by atoms with van der Waals surface area (Å²) in [5.74, 6) is 0.315. The van der Waals surface area contributed by atoms with Crippen molar-refractivity contribution in [1.82, 2.24) is 25.1 Å². The topological polar surface area (TPSA) is 107 Å². The van der Waals surface area contributed by atoms with Gasteiger partial charge in [0.2, 0.25) is 15.9 Å². The van der Waals surface area contributed by atoms with E-state index in [0.29, 0.717) is 36.8 Å². The molecule has 2 saturated heterocycles. The van der Waals surface area contributed by atoms with Crippen molar-refractivity contribution in [1.29, 1.82) is 0 Å². The molecular weight excluding hydrogens is 354 g/mol. The van der Waals surface area contributed by atoms with Crippen LogP contribution in [-0.2, 0) is 14.8 Å². The number of nitrogens with zero attached hydrogens (tertiary/aromatic N) is 2. The molecule has 2 fully saturated rings. The molecule has 0 bridgehead atoms.